The highest BCUT2D eigenvalue weighted by Gasteiger charge is 2.41. The van der Waals surface area contributed by atoms with Crippen LogP contribution in [-0.2, 0) is 16.6 Å². The quantitative estimate of drug-likeness (QED) is 0.446. The molecule has 3 aromatic carbocycles. The smallest absolute Gasteiger partial charge is 0.336 e. The van der Waals surface area contributed by atoms with Crippen molar-refractivity contribution in [3.8, 4) is 22.6 Å². The van der Waals surface area contributed by atoms with Crippen molar-refractivity contribution in [2.75, 3.05) is 19.0 Å². The molecule has 2 aliphatic heterocycles. The second-order valence-electron chi connectivity index (χ2n) is 11.2. The fourth-order valence-electron chi connectivity index (χ4n) is 5.40. The molecule has 1 amide bonds. The molecule has 0 radical (unpaired) electrons. The van der Waals surface area contributed by atoms with Gasteiger partial charge in [-0.05, 0) is 60.9 Å². The van der Waals surface area contributed by atoms with Gasteiger partial charge in [-0.25, -0.2) is 4.79 Å². The molecule has 0 unspecified atom stereocenters. The zero-order chi connectivity index (χ0) is 27.4. The van der Waals surface area contributed by atoms with Gasteiger partial charge in [-0.2, -0.15) is 0 Å². The Kier molecular flexibility index (Phi) is 6.05. The van der Waals surface area contributed by atoms with Gasteiger partial charge in [0.2, 0.25) is 5.91 Å². The predicted molar refractivity (Wildman–Crippen MR) is 148 cm³/mol. The van der Waals surface area contributed by atoms with Crippen molar-refractivity contribution in [1.82, 2.24) is 0 Å². The fraction of sp³-hybridized carbons (Fsp3) is 0.323. The molecule has 0 bridgehead atoms. The van der Waals surface area contributed by atoms with Gasteiger partial charge in [-0.15, -0.1) is 0 Å². The van der Waals surface area contributed by atoms with Crippen LogP contribution in [0.3, 0.4) is 0 Å². The molecule has 5 rings (SSSR count). The van der Waals surface area contributed by atoms with Gasteiger partial charge < -0.3 is 19.9 Å². The number of ether oxygens (including phenoxy) is 2. The van der Waals surface area contributed by atoms with Gasteiger partial charge in [0.25, 0.3) is 0 Å². The Bertz CT molecular complexity index is 1500. The molecular weight excluding hydrogens is 480 g/mol. The minimum atomic E-state index is -1.01. The predicted octanol–water partition coefficient (Wildman–Crippen LogP) is 5.86. The average Bonchev–Trinajstić information content (AvgIpc) is 3.18. The van der Waals surface area contributed by atoms with E-state index in [1.807, 2.05) is 24.3 Å². The van der Waals surface area contributed by atoms with E-state index >= 15 is 0 Å². The summed E-state index contributed by atoms with van der Waals surface area (Å²) in [7, 11) is 1.66. The Morgan fingerprint density at radius 3 is 2.34 bits per heavy atom. The molecule has 7 heteroatoms. The standard InChI is InChI=1S/C31H32N2O5/c1-17(34)33-20-10-7-18(8-11-20)22-13-19(9-12-21(22)29(35)36)27-26-23-15-31(4,5)38-28(23)25(37-6)14-24(26)30(2,3)16-32-27/h7-14H,15-16H2,1-6H3,(H,33,34)(H,35,36). The number of amides is 1. The van der Waals surface area contributed by atoms with Gasteiger partial charge in [0.05, 0.1) is 18.4 Å². The van der Waals surface area contributed by atoms with E-state index in [0.717, 1.165) is 45.0 Å². The number of fused-ring (bicyclic) bond motifs is 3. The summed E-state index contributed by atoms with van der Waals surface area (Å²) in [6.07, 6.45) is 0.710. The molecule has 0 aromatic heterocycles. The molecule has 2 aliphatic rings. The number of nitrogens with zero attached hydrogens (tertiary/aromatic N) is 1. The number of benzene rings is 3. The maximum Gasteiger partial charge on any atom is 0.336 e. The molecule has 0 aliphatic carbocycles. The summed E-state index contributed by atoms with van der Waals surface area (Å²) in [5.41, 5.74) is 6.48. The Morgan fingerprint density at radius 1 is 1.03 bits per heavy atom. The first-order chi connectivity index (χ1) is 17.9. The Balaban J connectivity index is 1.68. The third-order valence-electron chi connectivity index (χ3n) is 7.18. The molecule has 0 saturated carbocycles. The molecule has 196 valence electrons. The van der Waals surface area contributed by atoms with Crippen molar-refractivity contribution >= 4 is 23.3 Å². The summed E-state index contributed by atoms with van der Waals surface area (Å²) in [4.78, 5) is 28.6. The van der Waals surface area contributed by atoms with Crippen molar-refractivity contribution in [3.63, 3.8) is 0 Å². The highest BCUT2D eigenvalue weighted by Crippen LogP contribution is 2.49. The monoisotopic (exact) mass is 512 g/mol. The Morgan fingerprint density at radius 2 is 1.71 bits per heavy atom. The van der Waals surface area contributed by atoms with Crippen LogP contribution in [0.4, 0.5) is 5.69 Å². The van der Waals surface area contributed by atoms with Gasteiger partial charge in [-0.3, -0.25) is 9.79 Å². The first-order valence-electron chi connectivity index (χ1n) is 12.6. The fourth-order valence-corrected chi connectivity index (χ4v) is 5.40. The number of aromatic carboxylic acids is 1. The number of rotatable bonds is 5. The minimum absolute atomic E-state index is 0.167. The van der Waals surface area contributed by atoms with E-state index in [0.29, 0.717) is 24.2 Å². The van der Waals surface area contributed by atoms with Crippen LogP contribution in [0.2, 0.25) is 0 Å². The molecule has 0 saturated heterocycles. The van der Waals surface area contributed by atoms with E-state index < -0.39 is 5.97 Å². The summed E-state index contributed by atoms with van der Waals surface area (Å²) in [6.45, 7) is 10.5. The van der Waals surface area contributed by atoms with Crippen molar-refractivity contribution in [1.29, 1.82) is 0 Å². The number of hydrogen-bond acceptors (Lipinski definition) is 5. The molecule has 38 heavy (non-hydrogen) atoms. The lowest BCUT2D eigenvalue weighted by Crippen LogP contribution is -2.31. The SMILES string of the molecule is COc1cc2c(c3c1OC(C)(C)C3)C(c1ccc(C(=O)O)c(-c3ccc(NC(C)=O)cc3)c1)=NCC2(C)C. The number of carboxylic acids is 1. The number of aliphatic imine (C=N–C) groups is 1. The van der Waals surface area contributed by atoms with E-state index in [1.165, 1.54) is 6.92 Å². The molecular formula is C31H32N2O5. The van der Waals surface area contributed by atoms with Gasteiger partial charge >= 0.3 is 5.97 Å². The van der Waals surface area contributed by atoms with E-state index in [9.17, 15) is 14.7 Å². The van der Waals surface area contributed by atoms with E-state index in [2.05, 4.69) is 39.1 Å². The summed E-state index contributed by atoms with van der Waals surface area (Å²) in [5.74, 6) is 0.294. The van der Waals surface area contributed by atoms with Crippen LogP contribution in [0.25, 0.3) is 11.1 Å². The number of hydrogen-bond donors (Lipinski definition) is 2. The molecule has 0 fully saturated rings. The van der Waals surface area contributed by atoms with E-state index in [1.54, 1.807) is 25.3 Å². The summed E-state index contributed by atoms with van der Waals surface area (Å²) < 4.78 is 12.1. The van der Waals surface area contributed by atoms with Crippen LogP contribution >= 0.6 is 0 Å². The first kappa shape index (κ1) is 25.5. The minimum Gasteiger partial charge on any atom is -0.493 e. The van der Waals surface area contributed by atoms with Gasteiger partial charge in [0, 0.05) is 47.7 Å². The topological polar surface area (TPSA) is 97.2 Å². The second kappa shape index (κ2) is 9.01. The largest absolute Gasteiger partial charge is 0.493 e. The third-order valence-corrected chi connectivity index (χ3v) is 7.18. The number of nitrogens with one attached hydrogen (secondary N) is 1. The summed E-state index contributed by atoms with van der Waals surface area (Å²) in [6, 6.07) is 14.6. The van der Waals surface area contributed by atoms with Crippen LogP contribution in [0.1, 0.15) is 67.2 Å². The lowest BCUT2D eigenvalue weighted by molar-refractivity contribution is -0.114. The van der Waals surface area contributed by atoms with Crippen LogP contribution in [0.15, 0.2) is 53.5 Å². The van der Waals surface area contributed by atoms with Crippen LogP contribution < -0.4 is 14.8 Å². The van der Waals surface area contributed by atoms with E-state index in [4.69, 9.17) is 14.5 Å². The number of carboxylic acid groups (broad SMARTS) is 1. The van der Waals surface area contributed by atoms with Crippen molar-refractivity contribution in [2.45, 2.75) is 52.1 Å². The van der Waals surface area contributed by atoms with Crippen LogP contribution in [-0.4, -0.2) is 42.0 Å². The molecule has 0 spiro atoms. The molecule has 2 heterocycles. The molecule has 7 nitrogen and oxygen atoms in total. The maximum absolute atomic E-state index is 12.2. The second-order valence-corrected chi connectivity index (χ2v) is 11.2. The van der Waals surface area contributed by atoms with Gasteiger partial charge in [0.1, 0.15) is 5.60 Å². The number of carbonyl (C=O) groups excluding carboxylic acids is 1. The molecule has 2 N–H and O–H groups in total. The summed E-state index contributed by atoms with van der Waals surface area (Å²) in [5, 5.41) is 12.7. The summed E-state index contributed by atoms with van der Waals surface area (Å²) >= 11 is 0. The zero-order valence-electron chi connectivity index (χ0n) is 22.6. The lowest BCUT2D eigenvalue weighted by atomic mass is 9.74. The molecule has 0 atom stereocenters. The number of anilines is 1. The van der Waals surface area contributed by atoms with Crippen molar-refractivity contribution in [3.05, 3.63) is 76.3 Å². The number of methoxy groups -OCH3 is 1. The van der Waals surface area contributed by atoms with Crippen LogP contribution in [0, 0.1) is 0 Å². The number of carbonyl (C=O) groups is 2. The average molecular weight is 513 g/mol. The highest BCUT2D eigenvalue weighted by molar-refractivity contribution is 6.17. The zero-order valence-corrected chi connectivity index (χ0v) is 22.6. The highest BCUT2D eigenvalue weighted by atomic mass is 16.5. The normalized spacial score (nSPS) is 16.5. The van der Waals surface area contributed by atoms with E-state index in [-0.39, 0.29) is 22.5 Å². The Labute approximate surface area is 222 Å². The maximum atomic E-state index is 12.2. The van der Waals surface area contributed by atoms with Crippen molar-refractivity contribution in [2.24, 2.45) is 4.99 Å². The first-order valence-corrected chi connectivity index (χ1v) is 12.6. The van der Waals surface area contributed by atoms with Gasteiger partial charge in [0.15, 0.2) is 11.5 Å². The van der Waals surface area contributed by atoms with Gasteiger partial charge in [-0.1, -0.05) is 32.0 Å². The third kappa shape index (κ3) is 4.42. The van der Waals surface area contributed by atoms with Crippen molar-refractivity contribution < 1.29 is 24.2 Å². The lowest BCUT2D eigenvalue weighted by Gasteiger charge is -2.33. The Hall–Kier alpha value is -4.13. The molecule has 3 aromatic rings. The van der Waals surface area contributed by atoms with Crippen LogP contribution in [0.5, 0.6) is 11.5 Å².